The average molecular weight is 917 g/mol. The Morgan fingerprint density at radius 3 is 1.81 bits per heavy atom. The van der Waals surface area contributed by atoms with E-state index in [2.05, 4.69) is 54.5 Å². The van der Waals surface area contributed by atoms with Gasteiger partial charge in [0.25, 0.3) is 0 Å². The minimum absolute atomic E-state index is 0.0326. The topological polar surface area (TPSA) is 278 Å². The second-order valence-corrected chi connectivity index (χ2v) is 22.2. The molecule has 3 unspecified atom stereocenters. The summed E-state index contributed by atoms with van der Waals surface area (Å²) >= 11 is 0. The predicted octanol–water partition coefficient (Wildman–Crippen LogP) is 0.470. The average Bonchev–Trinajstić information content (AvgIpc) is 3.76. The minimum Gasteiger partial charge on any atom is -0.394 e. The van der Waals surface area contributed by atoms with E-state index >= 15 is 0 Å². The first kappa shape index (κ1) is 50.9. The monoisotopic (exact) mass is 917 g/mol. The highest BCUT2D eigenvalue weighted by molar-refractivity contribution is 5.19. The fourth-order valence-electron chi connectivity index (χ4n) is 14.5. The van der Waals surface area contributed by atoms with E-state index < -0.39 is 105 Å². The molecule has 0 amide bonds. The number of fused-ring (bicyclic) bond motifs is 5. The standard InChI is InChI=1S/C47H80O17/c1-22(2)9-8-10-23(20-59-42-39(57)37(55)35(53)28(63-42)21-60-41-38(56)34(52)27(19-49)61-41)24-11-15-47(7)32(24)25(50)17-30-45(5)14-13-31(44(3,4)29(45)12-16-46(30,47)6)64-43-40(58)36(54)33(51)26(18-48)62-43/h9,23-43,48-58H,8,10-21H2,1-7H3/t23-,24+,25-,26-,27-,28+,29+,30-,31+,32?,33-,34-,35+,36+,37-,38+,39+,40-,41+,42+,43-,45+,46?,47?/m0/s1. The van der Waals surface area contributed by atoms with Crippen molar-refractivity contribution in [2.24, 2.45) is 51.2 Å². The molecule has 7 aliphatic rings. The van der Waals surface area contributed by atoms with E-state index in [1.807, 2.05) is 0 Å². The van der Waals surface area contributed by atoms with Gasteiger partial charge in [0.05, 0.1) is 38.6 Å². The van der Waals surface area contributed by atoms with E-state index in [1.165, 1.54) is 5.57 Å². The maximum Gasteiger partial charge on any atom is 0.186 e. The summed E-state index contributed by atoms with van der Waals surface area (Å²) in [7, 11) is 0. The first-order chi connectivity index (χ1) is 30.0. The first-order valence-electron chi connectivity index (χ1n) is 23.9. The molecule has 7 fully saturated rings. The Labute approximate surface area is 377 Å². The Morgan fingerprint density at radius 1 is 0.625 bits per heavy atom. The van der Waals surface area contributed by atoms with Gasteiger partial charge in [-0.15, -0.1) is 0 Å². The van der Waals surface area contributed by atoms with Crippen LogP contribution in [0.4, 0.5) is 0 Å². The van der Waals surface area contributed by atoms with E-state index in [4.69, 9.17) is 28.4 Å². The molecule has 17 heteroatoms. The highest BCUT2D eigenvalue weighted by Gasteiger charge is 2.71. The molecule has 17 nitrogen and oxygen atoms in total. The number of rotatable bonds is 14. The van der Waals surface area contributed by atoms with Crippen LogP contribution in [-0.2, 0) is 28.4 Å². The molecular formula is C47H80O17. The lowest BCUT2D eigenvalue weighted by atomic mass is 9.35. The van der Waals surface area contributed by atoms with Crippen LogP contribution in [0.2, 0.25) is 0 Å². The molecule has 0 radical (unpaired) electrons. The van der Waals surface area contributed by atoms with Crippen molar-refractivity contribution in [3.8, 4) is 0 Å². The van der Waals surface area contributed by atoms with Crippen LogP contribution in [0.3, 0.4) is 0 Å². The van der Waals surface area contributed by atoms with E-state index in [9.17, 15) is 56.2 Å². The van der Waals surface area contributed by atoms with E-state index in [1.54, 1.807) is 0 Å². The summed E-state index contributed by atoms with van der Waals surface area (Å²) in [5, 5.41) is 117. The van der Waals surface area contributed by atoms with Gasteiger partial charge >= 0.3 is 0 Å². The quantitative estimate of drug-likeness (QED) is 0.0835. The van der Waals surface area contributed by atoms with Gasteiger partial charge < -0.3 is 84.6 Å². The molecule has 3 saturated heterocycles. The van der Waals surface area contributed by atoms with Crippen LogP contribution in [0.15, 0.2) is 11.6 Å². The second-order valence-electron chi connectivity index (χ2n) is 22.2. The maximum absolute atomic E-state index is 12.5. The Kier molecular flexibility index (Phi) is 15.5. The van der Waals surface area contributed by atoms with Crippen LogP contribution in [-0.4, -0.2) is 181 Å². The zero-order valence-corrected chi connectivity index (χ0v) is 38.8. The van der Waals surface area contributed by atoms with Crippen molar-refractivity contribution in [2.75, 3.05) is 26.4 Å². The zero-order valence-electron chi connectivity index (χ0n) is 38.8. The van der Waals surface area contributed by atoms with E-state index in [0.29, 0.717) is 12.8 Å². The van der Waals surface area contributed by atoms with Crippen LogP contribution in [0.25, 0.3) is 0 Å². The third kappa shape index (κ3) is 8.82. The number of aliphatic hydroxyl groups excluding tert-OH is 11. The third-order valence-electron chi connectivity index (χ3n) is 18.3. The first-order valence-corrected chi connectivity index (χ1v) is 23.9. The van der Waals surface area contributed by atoms with Gasteiger partial charge in [-0.3, -0.25) is 0 Å². The van der Waals surface area contributed by atoms with Crippen molar-refractivity contribution >= 4 is 0 Å². The summed E-state index contributed by atoms with van der Waals surface area (Å²) in [5.41, 5.74) is 0.343. The number of allylic oxidation sites excluding steroid dienone is 2. The van der Waals surface area contributed by atoms with Crippen molar-refractivity contribution in [1.82, 2.24) is 0 Å². The molecule has 24 atom stereocenters. The smallest absolute Gasteiger partial charge is 0.186 e. The Morgan fingerprint density at radius 2 is 1.17 bits per heavy atom. The Hall–Kier alpha value is -0.940. The normalized spacial score (nSPS) is 51.8. The summed E-state index contributed by atoms with van der Waals surface area (Å²) in [5.74, 6) is 0.408. The lowest BCUT2D eigenvalue weighted by Crippen LogP contribution is -2.67. The van der Waals surface area contributed by atoms with Crippen LogP contribution < -0.4 is 0 Å². The van der Waals surface area contributed by atoms with Gasteiger partial charge in [-0.25, -0.2) is 0 Å². The second kappa shape index (κ2) is 19.5. The molecule has 3 aliphatic heterocycles. The van der Waals surface area contributed by atoms with Gasteiger partial charge in [-0.05, 0) is 123 Å². The van der Waals surface area contributed by atoms with Gasteiger partial charge in [0.15, 0.2) is 18.9 Å². The fraction of sp³-hybridized carbons (Fsp3) is 0.957. The highest BCUT2D eigenvalue weighted by atomic mass is 16.7. The summed E-state index contributed by atoms with van der Waals surface area (Å²) in [6.07, 6.45) is -10.6. The van der Waals surface area contributed by atoms with Crippen molar-refractivity contribution in [3.63, 3.8) is 0 Å². The van der Waals surface area contributed by atoms with Crippen molar-refractivity contribution in [1.29, 1.82) is 0 Å². The highest BCUT2D eigenvalue weighted by Crippen LogP contribution is 2.76. The molecule has 0 spiro atoms. The molecule has 0 aromatic carbocycles. The number of hydrogen-bond acceptors (Lipinski definition) is 17. The third-order valence-corrected chi connectivity index (χ3v) is 18.3. The molecule has 0 aromatic heterocycles. The van der Waals surface area contributed by atoms with Gasteiger partial charge in [0.2, 0.25) is 0 Å². The molecule has 0 aromatic rings. The fourth-order valence-corrected chi connectivity index (χ4v) is 14.5. The molecule has 64 heavy (non-hydrogen) atoms. The van der Waals surface area contributed by atoms with Crippen LogP contribution in [0.1, 0.15) is 106 Å². The predicted molar refractivity (Wildman–Crippen MR) is 228 cm³/mol. The summed E-state index contributed by atoms with van der Waals surface area (Å²) < 4.78 is 35.7. The molecule has 4 saturated carbocycles. The molecule has 4 aliphatic carbocycles. The lowest BCUT2D eigenvalue weighted by molar-refractivity contribution is -0.332. The SMILES string of the molecule is CC(C)=CCC[C@@H](CO[C@@H]1O[C@H](CO[C@@H]2O[C@@H](CO)[C@H](O)[C@H]2O)[C@@H](O)[C@H](O)[C@H]1O)[C@H]1CCC2(C)C1[C@@H](O)C[C@@H]1C2(C)CC[C@@H]2C(C)(C)[C@H](O[C@@H]3O[C@@H](CO)[C@H](O)[C@@H](O)[C@@H]3O)CC[C@]21C. The lowest BCUT2D eigenvalue weighted by Gasteiger charge is -2.70. The zero-order chi connectivity index (χ0) is 46.8. The number of ether oxygens (including phenoxy) is 6. The maximum atomic E-state index is 12.5. The molecule has 0 bridgehead atoms. The molecule has 3 heterocycles. The Bertz CT molecular complexity index is 1600. The minimum atomic E-state index is -1.63. The largest absolute Gasteiger partial charge is 0.394 e. The van der Waals surface area contributed by atoms with Crippen molar-refractivity contribution in [3.05, 3.63) is 11.6 Å². The number of aliphatic hydroxyl groups is 11. The number of hydrogen-bond donors (Lipinski definition) is 11. The molecule has 370 valence electrons. The van der Waals surface area contributed by atoms with Crippen molar-refractivity contribution < 1.29 is 84.6 Å². The van der Waals surface area contributed by atoms with Crippen LogP contribution in [0, 0.1) is 51.2 Å². The van der Waals surface area contributed by atoms with E-state index in [-0.39, 0.29) is 70.6 Å². The van der Waals surface area contributed by atoms with Crippen LogP contribution >= 0.6 is 0 Å². The molecule has 11 N–H and O–H groups in total. The summed E-state index contributed by atoms with van der Waals surface area (Å²) in [4.78, 5) is 0. The summed E-state index contributed by atoms with van der Waals surface area (Å²) in [6, 6.07) is 0. The van der Waals surface area contributed by atoms with Crippen molar-refractivity contribution in [2.45, 2.75) is 204 Å². The molecule has 7 rings (SSSR count). The van der Waals surface area contributed by atoms with Gasteiger partial charge in [0, 0.05) is 0 Å². The summed E-state index contributed by atoms with van der Waals surface area (Å²) in [6.45, 7) is 14.5. The van der Waals surface area contributed by atoms with E-state index in [0.717, 1.165) is 44.9 Å². The van der Waals surface area contributed by atoms with Gasteiger partial charge in [0.1, 0.15) is 67.1 Å². The van der Waals surface area contributed by atoms with Gasteiger partial charge in [-0.2, -0.15) is 0 Å². The molecular weight excluding hydrogens is 836 g/mol. The Balaban J connectivity index is 1.06. The van der Waals surface area contributed by atoms with Crippen LogP contribution in [0.5, 0.6) is 0 Å². The van der Waals surface area contributed by atoms with Gasteiger partial charge in [-0.1, -0.05) is 46.3 Å².